The van der Waals surface area contributed by atoms with E-state index in [1.54, 1.807) is 0 Å². The summed E-state index contributed by atoms with van der Waals surface area (Å²) in [4.78, 5) is 2.48. The maximum atomic E-state index is 6.65. The molecule has 2 heteroatoms. The molecular weight excluding hydrogens is 847 g/mol. The Morgan fingerprint density at radius 2 is 0.914 bits per heavy atom. The van der Waals surface area contributed by atoms with E-state index in [0.29, 0.717) is 0 Å². The Balaban J connectivity index is 0.979. The highest BCUT2D eigenvalue weighted by Crippen LogP contribution is 2.58. The van der Waals surface area contributed by atoms with Gasteiger partial charge in [0.05, 0.1) is 5.41 Å². The molecule has 0 radical (unpaired) electrons. The van der Waals surface area contributed by atoms with Crippen molar-refractivity contribution in [3.63, 3.8) is 0 Å². The smallest absolute Gasteiger partial charge is 0.143 e. The molecule has 0 amide bonds. The Morgan fingerprint density at radius 3 is 1.67 bits per heavy atom. The van der Waals surface area contributed by atoms with E-state index in [0.717, 1.165) is 55.5 Å². The van der Waals surface area contributed by atoms with E-state index in [1.807, 2.05) is 0 Å². The van der Waals surface area contributed by atoms with E-state index in [9.17, 15) is 0 Å². The predicted octanol–water partition coefficient (Wildman–Crippen LogP) is 18.2. The summed E-state index contributed by atoms with van der Waals surface area (Å²) in [5.74, 6) is 0. The van der Waals surface area contributed by atoms with Crippen LogP contribution < -0.4 is 4.90 Å². The van der Waals surface area contributed by atoms with Gasteiger partial charge in [0.25, 0.3) is 0 Å². The fourth-order valence-corrected chi connectivity index (χ4v) is 12.4. The molecule has 0 aliphatic heterocycles. The summed E-state index contributed by atoms with van der Waals surface area (Å²) in [7, 11) is 0. The zero-order valence-electron chi connectivity index (χ0n) is 39.0. The van der Waals surface area contributed by atoms with Crippen molar-refractivity contribution in [2.24, 2.45) is 0 Å². The van der Waals surface area contributed by atoms with Crippen LogP contribution >= 0.6 is 0 Å². The summed E-state index contributed by atoms with van der Waals surface area (Å²) in [5, 5.41) is 4.58. The largest absolute Gasteiger partial charge is 0.455 e. The molecule has 2 aliphatic carbocycles. The molecule has 0 saturated heterocycles. The Morgan fingerprint density at radius 1 is 0.357 bits per heavy atom. The summed E-state index contributed by atoms with van der Waals surface area (Å²) in [5.41, 5.74) is 22.1. The molecule has 14 rings (SSSR count). The van der Waals surface area contributed by atoms with E-state index < -0.39 is 5.41 Å². The lowest BCUT2D eigenvalue weighted by Gasteiger charge is -2.35. The molecule has 12 aromatic rings. The summed E-state index contributed by atoms with van der Waals surface area (Å²) in [6.45, 7) is 4.78. The van der Waals surface area contributed by atoms with E-state index in [2.05, 4.69) is 267 Å². The molecule has 0 unspecified atom stereocenters. The quantitative estimate of drug-likeness (QED) is 0.158. The van der Waals surface area contributed by atoms with Gasteiger partial charge in [-0.05, 0) is 132 Å². The van der Waals surface area contributed by atoms with Crippen LogP contribution in [0.2, 0.25) is 0 Å². The third-order valence-corrected chi connectivity index (χ3v) is 15.6. The average molecular weight is 894 g/mol. The van der Waals surface area contributed by atoms with Crippen molar-refractivity contribution in [3.05, 3.63) is 282 Å². The summed E-state index contributed by atoms with van der Waals surface area (Å²) >= 11 is 0. The zero-order chi connectivity index (χ0) is 46.6. The lowest BCUT2D eigenvalue weighted by molar-refractivity contribution is 0.660. The molecule has 0 saturated carbocycles. The number of fused-ring (bicyclic) bond motifs is 11. The number of rotatable bonds is 7. The normalized spacial score (nSPS) is 13.8. The van der Waals surface area contributed by atoms with E-state index >= 15 is 0 Å². The van der Waals surface area contributed by atoms with Crippen LogP contribution in [0.4, 0.5) is 17.1 Å². The second-order valence-corrected chi connectivity index (χ2v) is 19.5. The van der Waals surface area contributed by atoms with Crippen LogP contribution in [0.3, 0.4) is 0 Å². The Kier molecular flexibility index (Phi) is 8.88. The molecule has 0 N–H and O–H groups in total. The summed E-state index contributed by atoms with van der Waals surface area (Å²) < 4.78 is 6.65. The highest BCUT2D eigenvalue weighted by atomic mass is 16.3. The van der Waals surface area contributed by atoms with Gasteiger partial charge in [0.2, 0.25) is 0 Å². The SMILES string of the molecule is CC1(C)c2cc(N(c3ccc(-c4cccc5oc6c7ccccc7ccc6c45)cc3)c3ccc4c(c3)C(c3ccccc3)(c3ccccc3)c3ccccc3-4)ccc2-c2c(-c3ccccc3)cccc21. The summed E-state index contributed by atoms with van der Waals surface area (Å²) in [6, 6.07) is 91.8. The van der Waals surface area contributed by atoms with Gasteiger partial charge in [-0.25, -0.2) is 0 Å². The zero-order valence-corrected chi connectivity index (χ0v) is 39.0. The van der Waals surface area contributed by atoms with Crippen molar-refractivity contribution in [2.75, 3.05) is 4.90 Å². The van der Waals surface area contributed by atoms with Crippen LogP contribution in [-0.2, 0) is 10.8 Å². The van der Waals surface area contributed by atoms with Gasteiger partial charge in [0.1, 0.15) is 11.2 Å². The van der Waals surface area contributed by atoms with Crippen molar-refractivity contribution in [1.82, 2.24) is 0 Å². The Labute approximate surface area is 408 Å². The lowest BCUT2D eigenvalue weighted by Crippen LogP contribution is -2.28. The molecule has 0 spiro atoms. The molecular formula is C68H47NO. The summed E-state index contributed by atoms with van der Waals surface area (Å²) in [6.07, 6.45) is 0. The van der Waals surface area contributed by atoms with Crippen LogP contribution in [0.1, 0.15) is 47.2 Å². The first-order valence-electron chi connectivity index (χ1n) is 24.4. The second kappa shape index (κ2) is 15.4. The maximum absolute atomic E-state index is 6.65. The number of hydrogen-bond acceptors (Lipinski definition) is 2. The Bertz CT molecular complexity index is 3970. The van der Waals surface area contributed by atoms with Gasteiger partial charge >= 0.3 is 0 Å². The molecule has 1 aromatic heterocycles. The van der Waals surface area contributed by atoms with E-state index in [4.69, 9.17) is 4.42 Å². The van der Waals surface area contributed by atoms with Gasteiger partial charge in [0.15, 0.2) is 0 Å². The molecule has 70 heavy (non-hydrogen) atoms. The number of hydrogen-bond donors (Lipinski definition) is 0. The van der Waals surface area contributed by atoms with Crippen LogP contribution in [-0.4, -0.2) is 0 Å². The minimum atomic E-state index is -0.535. The molecule has 330 valence electrons. The monoisotopic (exact) mass is 893 g/mol. The van der Waals surface area contributed by atoms with Gasteiger partial charge in [-0.2, -0.15) is 0 Å². The van der Waals surface area contributed by atoms with Crippen molar-refractivity contribution in [3.8, 4) is 44.5 Å². The third-order valence-electron chi connectivity index (χ3n) is 15.6. The fraction of sp³-hybridized carbons (Fsp3) is 0.0588. The molecule has 2 nitrogen and oxygen atoms in total. The standard InChI is InChI=1S/C68H47NO/c1-67(2)60-30-16-27-52(44-18-6-3-7-19-44)64(60)57-41-38-50(42-61(57)67)69(49-35-32-46(33-36-49)53-28-17-31-63-65(53)58-39-34-45-20-12-13-25-54(45)66(58)70-63)51-37-40-56-55-26-14-15-29-59(55)68(62(56)43-51,47-21-8-4-9-22-47)48-23-10-5-11-24-48/h3-43H,1-2H3. The van der Waals surface area contributed by atoms with Crippen molar-refractivity contribution >= 4 is 49.8 Å². The first kappa shape index (κ1) is 40.4. The fourth-order valence-electron chi connectivity index (χ4n) is 12.4. The highest BCUT2D eigenvalue weighted by molar-refractivity contribution is 6.19. The maximum Gasteiger partial charge on any atom is 0.143 e. The Hall–Kier alpha value is -8.72. The molecule has 1 heterocycles. The van der Waals surface area contributed by atoms with Gasteiger partial charge in [0, 0.05) is 38.6 Å². The molecule has 0 bridgehead atoms. The van der Waals surface area contributed by atoms with Crippen molar-refractivity contribution in [2.45, 2.75) is 24.7 Å². The molecule has 2 aliphatic rings. The topological polar surface area (TPSA) is 16.4 Å². The van der Waals surface area contributed by atoms with Crippen LogP contribution in [0, 0.1) is 0 Å². The number of furan rings is 1. The van der Waals surface area contributed by atoms with E-state index in [1.165, 1.54) is 72.1 Å². The predicted molar refractivity (Wildman–Crippen MR) is 292 cm³/mol. The van der Waals surface area contributed by atoms with Crippen LogP contribution in [0.25, 0.3) is 77.2 Å². The van der Waals surface area contributed by atoms with Crippen molar-refractivity contribution in [1.29, 1.82) is 0 Å². The van der Waals surface area contributed by atoms with Crippen LogP contribution in [0.15, 0.2) is 253 Å². The molecule has 0 fully saturated rings. The molecule has 0 atom stereocenters. The lowest BCUT2D eigenvalue weighted by atomic mass is 9.67. The average Bonchev–Trinajstić information content (AvgIpc) is 4.03. The number of benzene rings is 11. The molecule has 11 aromatic carbocycles. The number of anilines is 3. The minimum absolute atomic E-state index is 0.228. The van der Waals surface area contributed by atoms with Gasteiger partial charge in [-0.1, -0.05) is 214 Å². The van der Waals surface area contributed by atoms with Crippen molar-refractivity contribution < 1.29 is 4.42 Å². The third kappa shape index (κ3) is 5.80. The van der Waals surface area contributed by atoms with Gasteiger partial charge in [-0.15, -0.1) is 0 Å². The second-order valence-electron chi connectivity index (χ2n) is 19.5. The van der Waals surface area contributed by atoms with Gasteiger partial charge < -0.3 is 9.32 Å². The van der Waals surface area contributed by atoms with Gasteiger partial charge in [-0.3, -0.25) is 0 Å². The highest BCUT2D eigenvalue weighted by Gasteiger charge is 2.46. The number of nitrogens with zero attached hydrogens (tertiary/aromatic N) is 1. The van der Waals surface area contributed by atoms with Crippen LogP contribution in [0.5, 0.6) is 0 Å². The minimum Gasteiger partial charge on any atom is -0.455 e. The van der Waals surface area contributed by atoms with E-state index in [-0.39, 0.29) is 5.41 Å². The first-order chi connectivity index (χ1) is 34.5. The first-order valence-corrected chi connectivity index (χ1v) is 24.4.